The first kappa shape index (κ1) is 27.7. The Morgan fingerprint density at radius 3 is 1.82 bits per heavy atom. The topological polar surface area (TPSA) is 110 Å². The van der Waals surface area contributed by atoms with Gasteiger partial charge in [-0.05, 0) is 35.7 Å². The molecule has 1 heterocycles. The monoisotopic (exact) mass is 522 g/mol. The van der Waals surface area contributed by atoms with E-state index in [9.17, 15) is 10.0 Å². The molecule has 1 aliphatic rings. The van der Waals surface area contributed by atoms with Gasteiger partial charge in [0.05, 0.1) is 31.6 Å². The van der Waals surface area contributed by atoms with Crippen molar-refractivity contribution in [1.82, 2.24) is 0 Å². The van der Waals surface area contributed by atoms with Crippen molar-refractivity contribution in [2.24, 2.45) is 0 Å². The van der Waals surface area contributed by atoms with Crippen LogP contribution in [0.2, 0.25) is 0 Å². The number of rotatable bonds is 11. The Balaban J connectivity index is 1.53. The van der Waals surface area contributed by atoms with Gasteiger partial charge < -0.3 is 34.1 Å². The van der Waals surface area contributed by atoms with Crippen molar-refractivity contribution in [2.45, 2.75) is 64.4 Å². The van der Waals surface area contributed by atoms with Crippen LogP contribution in [0.1, 0.15) is 30.5 Å². The molecule has 0 aliphatic carbocycles. The van der Waals surface area contributed by atoms with Gasteiger partial charge in [-0.3, -0.25) is 10.0 Å². The fraction of sp³-hybridized carbons (Fsp3) is 0.345. The third kappa shape index (κ3) is 7.61. The Morgan fingerprint density at radius 2 is 1.29 bits per heavy atom. The van der Waals surface area contributed by atoms with E-state index in [1.165, 1.54) is 19.1 Å². The standard InChI is InChI=1S/C29H32NO8/c1-20-26(34-17-22-9-5-3-6-10-22)27(35-18-23-11-7-4-8-12-23)28(38-21(2)31)29(37-20)36-19-24-13-15-25(16-14-24)30(32)33/h3-16,20,26-29,32H,17-19H2,1-2H3/q-1. The van der Waals surface area contributed by atoms with Crippen molar-refractivity contribution in [3.8, 4) is 0 Å². The summed E-state index contributed by atoms with van der Waals surface area (Å²) in [5.41, 5.74) is 2.79. The van der Waals surface area contributed by atoms with Gasteiger partial charge in [-0.15, -0.1) is 0 Å². The highest BCUT2D eigenvalue weighted by molar-refractivity contribution is 5.66. The number of hydrogen-bond acceptors (Lipinski definition) is 9. The summed E-state index contributed by atoms with van der Waals surface area (Å²) < 4.78 is 30.6. The smallest absolute Gasteiger partial charge is 0.303 e. The minimum atomic E-state index is -0.931. The highest BCUT2D eigenvalue weighted by atomic mass is 16.8. The predicted molar refractivity (Wildman–Crippen MR) is 139 cm³/mol. The highest BCUT2D eigenvalue weighted by Crippen LogP contribution is 2.31. The van der Waals surface area contributed by atoms with Crippen molar-refractivity contribution in [1.29, 1.82) is 0 Å². The van der Waals surface area contributed by atoms with Crippen molar-refractivity contribution >= 4 is 11.7 Å². The second kappa shape index (κ2) is 13.5. The number of nitrogens with zero attached hydrogens (tertiary/aromatic N) is 1. The number of ether oxygens (including phenoxy) is 5. The lowest BCUT2D eigenvalue weighted by molar-refractivity contribution is -0.314. The van der Waals surface area contributed by atoms with Crippen LogP contribution in [-0.4, -0.2) is 41.9 Å². The molecule has 5 unspecified atom stereocenters. The molecule has 3 aromatic carbocycles. The SMILES string of the molecule is CC(=O)OC1C(OCc2ccc(N([O-])O)cc2)OC(C)C(OCc2ccccc2)C1OCc1ccccc1. The maximum Gasteiger partial charge on any atom is 0.303 e. The number of esters is 1. The summed E-state index contributed by atoms with van der Waals surface area (Å²) in [6.45, 7) is 3.92. The molecule has 3 aromatic rings. The number of carbonyl (C=O) groups is 1. The van der Waals surface area contributed by atoms with Crippen molar-refractivity contribution in [3.63, 3.8) is 0 Å². The molecule has 4 rings (SSSR count). The molecule has 0 radical (unpaired) electrons. The Bertz CT molecular complexity index is 1130. The van der Waals surface area contributed by atoms with E-state index >= 15 is 0 Å². The normalized spacial score (nSPS) is 23.1. The minimum absolute atomic E-state index is 0.0989. The second-order valence-electron chi connectivity index (χ2n) is 9.06. The average molecular weight is 523 g/mol. The molecule has 0 spiro atoms. The largest absolute Gasteiger partial charge is 0.733 e. The molecule has 9 heteroatoms. The molecule has 1 N–H and O–H groups in total. The number of anilines is 1. The van der Waals surface area contributed by atoms with Gasteiger partial charge >= 0.3 is 5.97 Å². The van der Waals surface area contributed by atoms with Gasteiger partial charge in [-0.1, -0.05) is 72.8 Å². The van der Waals surface area contributed by atoms with E-state index in [4.69, 9.17) is 28.9 Å². The summed E-state index contributed by atoms with van der Waals surface area (Å²) >= 11 is 0. The zero-order valence-electron chi connectivity index (χ0n) is 21.3. The Hall–Kier alpha value is -3.31. The predicted octanol–water partition coefficient (Wildman–Crippen LogP) is 4.74. The average Bonchev–Trinajstić information content (AvgIpc) is 2.92. The first-order chi connectivity index (χ1) is 18.4. The summed E-state index contributed by atoms with van der Waals surface area (Å²) in [5.74, 6) is -0.500. The number of carbonyl (C=O) groups excluding carboxylic acids is 1. The highest BCUT2D eigenvalue weighted by Gasteiger charge is 2.48. The molecular weight excluding hydrogens is 490 g/mol. The third-order valence-electron chi connectivity index (χ3n) is 6.17. The maximum absolute atomic E-state index is 12.1. The quantitative estimate of drug-likeness (QED) is 0.282. The second-order valence-corrected chi connectivity index (χ2v) is 9.06. The molecule has 0 aromatic heterocycles. The lowest BCUT2D eigenvalue weighted by atomic mass is 9.98. The van der Waals surface area contributed by atoms with Crippen molar-refractivity contribution in [2.75, 3.05) is 5.23 Å². The molecule has 0 bridgehead atoms. The fourth-order valence-electron chi connectivity index (χ4n) is 4.28. The van der Waals surface area contributed by atoms with E-state index in [-0.39, 0.29) is 24.1 Å². The van der Waals surface area contributed by atoms with E-state index in [1.807, 2.05) is 67.6 Å². The third-order valence-corrected chi connectivity index (χ3v) is 6.17. The zero-order valence-corrected chi connectivity index (χ0v) is 21.3. The van der Waals surface area contributed by atoms with Crippen LogP contribution in [0.4, 0.5) is 5.69 Å². The van der Waals surface area contributed by atoms with E-state index in [0.29, 0.717) is 6.61 Å². The summed E-state index contributed by atoms with van der Waals surface area (Å²) in [6.07, 6.45) is -3.50. The molecule has 1 saturated heterocycles. The Labute approximate surface area is 222 Å². The van der Waals surface area contributed by atoms with Gasteiger partial charge in [0.2, 0.25) is 0 Å². The number of benzene rings is 3. The fourth-order valence-corrected chi connectivity index (χ4v) is 4.28. The lowest BCUT2D eigenvalue weighted by Crippen LogP contribution is -2.60. The molecule has 9 nitrogen and oxygen atoms in total. The summed E-state index contributed by atoms with van der Waals surface area (Å²) in [7, 11) is 0. The first-order valence-electron chi connectivity index (χ1n) is 12.4. The molecule has 38 heavy (non-hydrogen) atoms. The van der Waals surface area contributed by atoms with Crippen LogP contribution in [0, 0.1) is 5.21 Å². The summed E-state index contributed by atoms with van der Waals surface area (Å²) in [4.78, 5) is 12.1. The van der Waals surface area contributed by atoms with Crippen LogP contribution in [0.5, 0.6) is 0 Å². The van der Waals surface area contributed by atoms with Gasteiger partial charge in [0.1, 0.15) is 12.2 Å². The van der Waals surface area contributed by atoms with Crippen LogP contribution >= 0.6 is 0 Å². The van der Waals surface area contributed by atoms with E-state index in [2.05, 4.69) is 0 Å². The Kier molecular flexibility index (Phi) is 9.83. The van der Waals surface area contributed by atoms with E-state index < -0.39 is 36.7 Å². The molecular formula is C29H32NO8-. The summed E-state index contributed by atoms with van der Waals surface area (Å²) in [6, 6.07) is 25.7. The molecule has 1 aliphatic heterocycles. The van der Waals surface area contributed by atoms with Crippen molar-refractivity contribution < 1.29 is 33.7 Å². The van der Waals surface area contributed by atoms with Crippen LogP contribution < -0.4 is 5.23 Å². The van der Waals surface area contributed by atoms with E-state index in [1.54, 1.807) is 12.1 Å². The molecule has 0 amide bonds. The van der Waals surface area contributed by atoms with Gasteiger partial charge in [0, 0.05) is 6.92 Å². The molecule has 1 fully saturated rings. The minimum Gasteiger partial charge on any atom is -0.733 e. The number of hydrogen-bond donors (Lipinski definition) is 1. The van der Waals surface area contributed by atoms with Gasteiger partial charge in [0.25, 0.3) is 0 Å². The molecule has 0 saturated carbocycles. The zero-order chi connectivity index (χ0) is 26.9. The van der Waals surface area contributed by atoms with Crippen LogP contribution in [0.3, 0.4) is 0 Å². The maximum atomic E-state index is 12.1. The van der Waals surface area contributed by atoms with Crippen molar-refractivity contribution in [3.05, 3.63) is 107 Å². The lowest BCUT2D eigenvalue weighted by Gasteiger charge is -2.44. The van der Waals surface area contributed by atoms with Gasteiger partial charge in [-0.2, -0.15) is 0 Å². The van der Waals surface area contributed by atoms with Crippen LogP contribution in [-0.2, 0) is 48.3 Å². The summed E-state index contributed by atoms with van der Waals surface area (Å²) in [5, 5.41) is 19.9. The first-order valence-corrected chi connectivity index (χ1v) is 12.4. The Morgan fingerprint density at radius 1 is 0.789 bits per heavy atom. The van der Waals surface area contributed by atoms with Crippen LogP contribution in [0.15, 0.2) is 84.9 Å². The van der Waals surface area contributed by atoms with Gasteiger partial charge in [0.15, 0.2) is 12.4 Å². The molecule has 5 atom stereocenters. The molecule has 202 valence electrons. The van der Waals surface area contributed by atoms with Crippen LogP contribution in [0.25, 0.3) is 0 Å². The van der Waals surface area contributed by atoms with E-state index in [0.717, 1.165) is 16.7 Å². The van der Waals surface area contributed by atoms with Gasteiger partial charge in [-0.25, -0.2) is 0 Å².